The van der Waals surface area contributed by atoms with Crippen LogP contribution in [0.3, 0.4) is 0 Å². The van der Waals surface area contributed by atoms with Crippen LogP contribution in [0, 0.1) is 11.6 Å². The van der Waals surface area contributed by atoms with E-state index in [-0.39, 0.29) is 10.6 Å². The van der Waals surface area contributed by atoms with Crippen molar-refractivity contribution >= 4 is 17.2 Å². The fourth-order valence-electron chi connectivity index (χ4n) is 1.15. The Balaban J connectivity index is 3.18. The summed E-state index contributed by atoms with van der Waals surface area (Å²) in [6, 6.07) is 2.29. The quantitative estimate of drug-likeness (QED) is 0.774. The molecule has 0 aromatic heterocycles. The number of nitrogens with two attached hydrogens (primary N) is 1. The summed E-state index contributed by atoms with van der Waals surface area (Å²) in [6.45, 7) is 3.85. The monoisotopic (exact) mass is 217 g/mol. The molecule has 0 aliphatic carbocycles. The highest BCUT2D eigenvalue weighted by Crippen LogP contribution is 2.27. The zero-order valence-electron chi connectivity index (χ0n) is 7.49. The van der Waals surface area contributed by atoms with E-state index in [1.807, 2.05) is 0 Å². The van der Waals surface area contributed by atoms with Gasteiger partial charge in [0.2, 0.25) is 0 Å². The summed E-state index contributed by atoms with van der Waals surface area (Å²) in [4.78, 5) is 0. The number of halogens is 3. The maximum atomic E-state index is 13.4. The molecule has 0 aliphatic rings. The van der Waals surface area contributed by atoms with E-state index in [0.717, 1.165) is 6.07 Å². The molecule has 0 heterocycles. The summed E-state index contributed by atoms with van der Waals surface area (Å²) in [5, 5.41) is -0.112. The van der Waals surface area contributed by atoms with Gasteiger partial charge in [0, 0.05) is 0 Å². The second-order valence-electron chi connectivity index (χ2n) is 2.86. The van der Waals surface area contributed by atoms with Crippen LogP contribution >= 0.6 is 11.6 Å². The Labute approximate surface area is 86.2 Å². The molecule has 0 amide bonds. The van der Waals surface area contributed by atoms with E-state index in [4.69, 9.17) is 17.3 Å². The minimum atomic E-state index is -0.773. The molecule has 14 heavy (non-hydrogen) atoms. The number of rotatable bonds is 3. The third-order valence-corrected chi connectivity index (χ3v) is 2.14. The van der Waals surface area contributed by atoms with Crippen molar-refractivity contribution in [1.29, 1.82) is 0 Å². The van der Waals surface area contributed by atoms with Crippen molar-refractivity contribution in [3.05, 3.63) is 40.9 Å². The SMILES string of the molecule is C=C(CCN)c1c(F)ccc(Cl)c1F. The van der Waals surface area contributed by atoms with Gasteiger partial charge in [-0.25, -0.2) is 8.78 Å². The van der Waals surface area contributed by atoms with Crippen LogP contribution in [0.2, 0.25) is 5.02 Å². The Morgan fingerprint density at radius 1 is 1.43 bits per heavy atom. The van der Waals surface area contributed by atoms with Crippen molar-refractivity contribution in [2.75, 3.05) is 6.54 Å². The second kappa shape index (κ2) is 4.53. The fourth-order valence-corrected chi connectivity index (χ4v) is 1.31. The molecule has 0 aliphatic heterocycles. The molecular formula is C10H10ClF2N. The first-order valence-corrected chi connectivity index (χ1v) is 4.47. The Morgan fingerprint density at radius 2 is 2.07 bits per heavy atom. The molecular weight excluding hydrogens is 208 g/mol. The van der Waals surface area contributed by atoms with Crippen LogP contribution in [0.5, 0.6) is 0 Å². The molecule has 0 saturated carbocycles. The number of benzene rings is 1. The highest BCUT2D eigenvalue weighted by atomic mass is 35.5. The van der Waals surface area contributed by atoms with E-state index < -0.39 is 11.6 Å². The van der Waals surface area contributed by atoms with E-state index in [1.54, 1.807) is 0 Å². The largest absolute Gasteiger partial charge is 0.330 e. The van der Waals surface area contributed by atoms with Gasteiger partial charge in [-0.15, -0.1) is 0 Å². The molecule has 2 N–H and O–H groups in total. The molecule has 0 atom stereocenters. The molecule has 0 spiro atoms. The molecule has 4 heteroatoms. The summed E-state index contributed by atoms with van der Waals surface area (Å²) >= 11 is 5.52. The third kappa shape index (κ3) is 2.11. The Kier molecular flexibility index (Phi) is 3.61. The van der Waals surface area contributed by atoms with Gasteiger partial charge in [-0.05, 0) is 30.7 Å². The Bertz CT molecular complexity index is 363. The normalized spacial score (nSPS) is 10.3. The average molecular weight is 218 g/mol. The van der Waals surface area contributed by atoms with Gasteiger partial charge < -0.3 is 5.73 Å². The zero-order chi connectivity index (χ0) is 10.7. The molecule has 0 saturated heterocycles. The van der Waals surface area contributed by atoms with Gasteiger partial charge in [-0.1, -0.05) is 18.2 Å². The van der Waals surface area contributed by atoms with Gasteiger partial charge in [-0.3, -0.25) is 0 Å². The van der Waals surface area contributed by atoms with Gasteiger partial charge in [-0.2, -0.15) is 0 Å². The van der Waals surface area contributed by atoms with Gasteiger partial charge >= 0.3 is 0 Å². The summed E-state index contributed by atoms with van der Waals surface area (Å²) in [5.74, 6) is -1.43. The van der Waals surface area contributed by atoms with Crippen molar-refractivity contribution in [3.8, 4) is 0 Å². The lowest BCUT2D eigenvalue weighted by Crippen LogP contribution is -2.02. The first kappa shape index (κ1) is 11.1. The van der Waals surface area contributed by atoms with Crippen LogP contribution in [0.1, 0.15) is 12.0 Å². The van der Waals surface area contributed by atoms with E-state index in [9.17, 15) is 8.78 Å². The Morgan fingerprint density at radius 3 is 2.64 bits per heavy atom. The van der Waals surface area contributed by atoms with Crippen molar-refractivity contribution in [2.24, 2.45) is 5.73 Å². The topological polar surface area (TPSA) is 26.0 Å². The van der Waals surface area contributed by atoms with Crippen LogP contribution < -0.4 is 5.73 Å². The molecule has 1 aromatic rings. The third-order valence-electron chi connectivity index (χ3n) is 1.84. The minimum Gasteiger partial charge on any atom is -0.330 e. The van der Waals surface area contributed by atoms with Gasteiger partial charge in [0.05, 0.1) is 10.6 Å². The van der Waals surface area contributed by atoms with E-state index in [1.165, 1.54) is 6.07 Å². The van der Waals surface area contributed by atoms with Gasteiger partial charge in [0.15, 0.2) is 5.82 Å². The maximum Gasteiger partial charge on any atom is 0.152 e. The van der Waals surface area contributed by atoms with E-state index in [2.05, 4.69) is 6.58 Å². The van der Waals surface area contributed by atoms with Crippen molar-refractivity contribution in [1.82, 2.24) is 0 Å². The van der Waals surface area contributed by atoms with Crippen molar-refractivity contribution < 1.29 is 8.78 Å². The molecule has 1 nitrogen and oxygen atoms in total. The fraction of sp³-hybridized carbons (Fsp3) is 0.200. The van der Waals surface area contributed by atoms with Crippen LogP contribution in [0.25, 0.3) is 5.57 Å². The highest BCUT2D eigenvalue weighted by molar-refractivity contribution is 6.30. The van der Waals surface area contributed by atoms with Crippen molar-refractivity contribution in [3.63, 3.8) is 0 Å². The molecule has 0 bridgehead atoms. The number of hydrogen-bond acceptors (Lipinski definition) is 1. The molecule has 0 unspecified atom stereocenters. The standard InChI is InChI=1S/C10H10ClF2N/c1-6(4-5-14)9-8(12)3-2-7(11)10(9)13/h2-3H,1,4-5,14H2. The van der Waals surface area contributed by atoms with Crippen LogP contribution in [0.15, 0.2) is 18.7 Å². The lowest BCUT2D eigenvalue weighted by atomic mass is 10.0. The first-order valence-electron chi connectivity index (χ1n) is 4.09. The number of hydrogen-bond donors (Lipinski definition) is 1. The van der Waals surface area contributed by atoms with E-state index >= 15 is 0 Å². The average Bonchev–Trinajstić information content (AvgIpc) is 2.13. The van der Waals surface area contributed by atoms with Crippen LogP contribution in [-0.4, -0.2) is 6.54 Å². The molecule has 0 fully saturated rings. The predicted octanol–water partition coefficient (Wildman–Crippen LogP) is 2.98. The molecule has 1 aromatic carbocycles. The summed E-state index contributed by atoms with van der Waals surface area (Å²) in [7, 11) is 0. The Hall–Kier alpha value is -0.930. The van der Waals surface area contributed by atoms with Crippen LogP contribution in [-0.2, 0) is 0 Å². The van der Waals surface area contributed by atoms with Crippen LogP contribution in [0.4, 0.5) is 8.78 Å². The summed E-state index contributed by atoms with van der Waals surface area (Å²) < 4.78 is 26.6. The molecule has 76 valence electrons. The summed E-state index contributed by atoms with van der Waals surface area (Å²) in [5.41, 5.74) is 5.43. The first-order chi connectivity index (χ1) is 6.57. The smallest absolute Gasteiger partial charge is 0.152 e. The minimum absolute atomic E-state index is 0.112. The lowest BCUT2D eigenvalue weighted by molar-refractivity contribution is 0.576. The second-order valence-corrected chi connectivity index (χ2v) is 3.27. The highest BCUT2D eigenvalue weighted by Gasteiger charge is 2.14. The molecule has 1 rings (SSSR count). The predicted molar refractivity (Wildman–Crippen MR) is 54.1 cm³/mol. The molecule has 0 radical (unpaired) electrons. The summed E-state index contributed by atoms with van der Waals surface area (Å²) in [6.07, 6.45) is 0.341. The van der Waals surface area contributed by atoms with Gasteiger partial charge in [0.25, 0.3) is 0 Å². The van der Waals surface area contributed by atoms with Crippen molar-refractivity contribution in [2.45, 2.75) is 6.42 Å². The lowest BCUT2D eigenvalue weighted by Gasteiger charge is -2.08. The maximum absolute atomic E-state index is 13.4. The van der Waals surface area contributed by atoms with E-state index in [0.29, 0.717) is 18.5 Å². The zero-order valence-corrected chi connectivity index (χ0v) is 8.24. The van der Waals surface area contributed by atoms with Gasteiger partial charge in [0.1, 0.15) is 5.82 Å².